The van der Waals surface area contributed by atoms with Gasteiger partial charge in [0.05, 0.1) is 11.7 Å². The Bertz CT molecular complexity index is 752. The second kappa shape index (κ2) is 7.68. The van der Waals surface area contributed by atoms with Crippen molar-refractivity contribution in [1.82, 2.24) is 9.78 Å². The molecule has 1 fully saturated rings. The number of hydrogen-bond donors (Lipinski definition) is 1. The molecule has 2 N–H and O–H groups in total. The van der Waals surface area contributed by atoms with Gasteiger partial charge in [0, 0.05) is 23.0 Å². The Morgan fingerprint density at radius 2 is 2.00 bits per heavy atom. The first kappa shape index (κ1) is 19.0. The zero-order valence-electron chi connectivity index (χ0n) is 13.7. The smallest absolute Gasteiger partial charge is 0.267 e. The van der Waals surface area contributed by atoms with Gasteiger partial charge >= 0.3 is 0 Å². The van der Waals surface area contributed by atoms with Gasteiger partial charge in [0.2, 0.25) is 0 Å². The molecule has 0 aliphatic heterocycles. The van der Waals surface area contributed by atoms with Crippen molar-refractivity contribution in [2.45, 2.75) is 44.1 Å². The van der Waals surface area contributed by atoms with Gasteiger partial charge in [0.25, 0.3) is 5.56 Å². The number of halogens is 2. The Kier molecular flexibility index (Phi) is 6.07. The fourth-order valence-electron chi connectivity index (χ4n) is 3.61. The molecule has 0 spiro atoms. The molecule has 2 aromatic rings. The summed E-state index contributed by atoms with van der Waals surface area (Å²) in [5.74, 6) is 0. The van der Waals surface area contributed by atoms with Crippen molar-refractivity contribution < 1.29 is 0 Å². The van der Waals surface area contributed by atoms with Gasteiger partial charge in [-0.1, -0.05) is 23.7 Å². The summed E-state index contributed by atoms with van der Waals surface area (Å²) in [6, 6.07) is 11.5. The summed E-state index contributed by atoms with van der Waals surface area (Å²) in [5, 5.41) is 5.15. The van der Waals surface area contributed by atoms with E-state index in [1.54, 1.807) is 16.8 Å². The van der Waals surface area contributed by atoms with Gasteiger partial charge in [0.1, 0.15) is 0 Å². The van der Waals surface area contributed by atoms with Crippen LogP contribution in [0.4, 0.5) is 0 Å². The van der Waals surface area contributed by atoms with Crippen LogP contribution in [0.15, 0.2) is 41.2 Å². The maximum absolute atomic E-state index is 12.1. The number of aromatic nitrogens is 2. The van der Waals surface area contributed by atoms with Crippen LogP contribution in [-0.4, -0.2) is 16.3 Å². The molecule has 130 valence electrons. The predicted octanol–water partition coefficient (Wildman–Crippen LogP) is 3.64. The summed E-state index contributed by atoms with van der Waals surface area (Å²) >= 11 is 6.15. The summed E-state index contributed by atoms with van der Waals surface area (Å²) in [4.78, 5) is 12.1. The third kappa shape index (κ3) is 3.66. The number of nitrogens with zero attached hydrogens (tertiary/aromatic N) is 2. The molecule has 24 heavy (non-hydrogen) atoms. The summed E-state index contributed by atoms with van der Waals surface area (Å²) < 4.78 is 1.65. The van der Waals surface area contributed by atoms with E-state index in [9.17, 15) is 4.79 Å². The maximum Gasteiger partial charge on any atom is 0.267 e. The topological polar surface area (TPSA) is 60.9 Å². The summed E-state index contributed by atoms with van der Waals surface area (Å²) in [6.07, 6.45) is 3.69. The third-order valence-electron chi connectivity index (χ3n) is 5.04. The van der Waals surface area contributed by atoms with E-state index in [1.165, 1.54) is 5.56 Å². The normalized spacial score (nSPS) is 23.5. The average Bonchev–Trinajstić information content (AvgIpc) is 2.57. The van der Waals surface area contributed by atoms with E-state index >= 15 is 0 Å². The van der Waals surface area contributed by atoms with Crippen molar-refractivity contribution in [2.24, 2.45) is 5.73 Å². The molecule has 0 radical (unpaired) electrons. The van der Waals surface area contributed by atoms with Crippen molar-refractivity contribution >= 4 is 24.0 Å². The highest BCUT2D eigenvalue weighted by Crippen LogP contribution is 2.42. The number of hydrogen-bond acceptors (Lipinski definition) is 3. The Balaban J connectivity index is 0.00000208. The van der Waals surface area contributed by atoms with Crippen LogP contribution >= 0.6 is 24.0 Å². The molecular formula is C18H23Cl2N3O. The predicted molar refractivity (Wildman–Crippen MR) is 100 cm³/mol. The Morgan fingerprint density at radius 1 is 1.29 bits per heavy atom. The molecular weight excluding hydrogens is 345 g/mol. The largest absolute Gasteiger partial charge is 0.330 e. The van der Waals surface area contributed by atoms with Crippen molar-refractivity contribution in [3.63, 3.8) is 0 Å². The van der Waals surface area contributed by atoms with E-state index in [0.717, 1.165) is 36.4 Å². The highest BCUT2D eigenvalue weighted by atomic mass is 35.5. The van der Waals surface area contributed by atoms with Gasteiger partial charge in [-0.3, -0.25) is 4.79 Å². The molecule has 1 saturated carbocycles. The molecule has 0 bridgehead atoms. The summed E-state index contributed by atoms with van der Waals surface area (Å²) in [7, 11) is 0. The molecule has 1 aliphatic rings. The third-order valence-corrected chi connectivity index (χ3v) is 5.28. The molecule has 3 rings (SSSR count). The van der Waals surface area contributed by atoms with Crippen LogP contribution in [0.3, 0.4) is 0 Å². The Morgan fingerprint density at radius 3 is 2.62 bits per heavy atom. The number of rotatable bonds is 3. The lowest BCUT2D eigenvalue weighted by atomic mass is 9.68. The molecule has 1 aromatic carbocycles. The van der Waals surface area contributed by atoms with E-state index in [0.29, 0.717) is 6.54 Å². The molecule has 1 aromatic heterocycles. The minimum atomic E-state index is -0.0468. The van der Waals surface area contributed by atoms with Crippen molar-refractivity contribution in [3.8, 4) is 0 Å². The van der Waals surface area contributed by atoms with E-state index < -0.39 is 0 Å². The van der Waals surface area contributed by atoms with Gasteiger partial charge in [-0.05, 0) is 56.4 Å². The monoisotopic (exact) mass is 367 g/mol. The van der Waals surface area contributed by atoms with Gasteiger partial charge in [0.15, 0.2) is 0 Å². The molecule has 0 saturated heterocycles. The van der Waals surface area contributed by atoms with E-state index in [-0.39, 0.29) is 29.4 Å². The van der Waals surface area contributed by atoms with Gasteiger partial charge < -0.3 is 5.73 Å². The second-order valence-corrected chi connectivity index (χ2v) is 6.92. The van der Waals surface area contributed by atoms with E-state index in [2.05, 4.69) is 11.2 Å². The maximum atomic E-state index is 12.1. The molecule has 0 unspecified atom stereocenters. The van der Waals surface area contributed by atoms with Gasteiger partial charge in [-0.2, -0.15) is 5.10 Å². The number of benzene rings is 1. The fraction of sp³-hybridized carbons (Fsp3) is 0.444. The van der Waals surface area contributed by atoms with Crippen LogP contribution in [0.1, 0.15) is 43.0 Å². The van der Waals surface area contributed by atoms with Crippen molar-refractivity contribution in [3.05, 3.63) is 63.0 Å². The minimum Gasteiger partial charge on any atom is -0.330 e. The molecule has 6 heteroatoms. The highest BCUT2D eigenvalue weighted by Gasteiger charge is 2.36. The summed E-state index contributed by atoms with van der Waals surface area (Å²) in [5.41, 5.74) is 8.13. The fourth-order valence-corrected chi connectivity index (χ4v) is 3.80. The van der Waals surface area contributed by atoms with Crippen LogP contribution < -0.4 is 11.3 Å². The van der Waals surface area contributed by atoms with Crippen LogP contribution in [-0.2, 0) is 5.41 Å². The number of nitrogens with two attached hydrogens (primary N) is 1. The van der Waals surface area contributed by atoms with E-state index in [4.69, 9.17) is 17.3 Å². The van der Waals surface area contributed by atoms with Crippen LogP contribution in [0.5, 0.6) is 0 Å². The Hall–Kier alpha value is -1.36. The SMILES string of the molecule is Cc1ccc(=O)n([C@H]2CC[C@@](CN)(c3cccc(Cl)c3)CC2)n1.Cl. The van der Waals surface area contributed by atoms with E-state index in [1.807, 2.05) is 25.1 Å². The van der Waals surface area contributed by atoms with Crippen molar-refractivity contribution in [2.75, 3.05) is 6.54 Å². The Labute approximate surface area is 153 Å². The number of aryl methyl sites for hydroxylation is 1. The zero-order valence-corrected chi connectivity index (χ0v) is 15.3. The van der Waals surface area contributed by atoms with Crippen LogP contribution in [0, 0.1) is 6.92 Å². The van der Waals surface area contributed by atoms with Crippen LogP contribution in [0.25, 0.3) is 0 Å². The zero-order chi connectivity index (χ0) is 16.4. The molecule has 0 amide bonds. The molecule has 4 nitrogen and oxygen atoms in total. The van der Waals surface area contributed by atoms with Crippen LogP contribution in [0.2, 0.25) is 5.02 Å². The standard InChI is InChI=1S/C18H22ClN3O.ClH/c1-13-5-6-17(23)22(21-13)16-7-9-18(12-20,10-8-16)14-3-2-4-15(19)11-14;/h2-6,11,16H,7-10,12,20H2,1H3;1H/t16-,18+;. The lowest BCUT2D eigenvalue weighted by molar-refractivity contribution is 0.221. The lowest BCUT2D eigenvalue weighted by Crippen LogP contribution is -2.41. The van der Waals surface area contributed by atoms with Gasteiger partial charge in [-0.15, -0.1) is 12.4 Å². The lowest BCUT2D eigenvalue weighted by Gasteiger charge is -2.40. The average molecular weight is 368 g/mol. The van der Waals surface area contributed by atoms with Crippen molar-refractivity contribution in [1.29, 1.82) is 0 Å². The van der Waals surface area contributed by atoms with Gasteiger partial charge in [-0.25, -0.2) is 4.68 Å². The first-order valence-corrected chi connectivity index (χ1v) is 8.44. The first-order chi connectivity index (χ1) is 11.0. The molecule has 1 aliphatic carbocycles. The highest BCUT2D eigenvalue weighted by molar-refractivity contribution is 6.30. The molecule has 1 heterocycles. The molecule has 0 atom stereocenters. The first-order valence-electron chi connectivity index (χ1n) is 8.07. The quantitative estimate of drug-likeness (QED) is 0.900. The summed E-state index contributed by atoms with van der Waals surface area (Å²) in [6.45, 7) is 2.51. The second-order valence-electron chi connectivity index (χ2n) is 6.48. The minimum absolute atomic E-state index is 0.